The van der Waals surface area contributed by atoms with E-state index in [4.69, 9.17) is 15.2 Å². The van der Waals surface area contributed by atoms with E-state index in [1.807, 2.05) is 6.92 Å². The maximum Gasteiger partial charge on any atom is 0.305 e. The van der Waals surface area contributed by atoms with Crippen LogP contribution < -0.4 is 5.73 Å². The summed E-state index contributed by atoms with van der Waals surface area (Å²) in [5.74, 6) is -0.108. The maximum atomic E-state index is 11.3. The summed E-state index contributed by atoms with van der Waals surface area (Å²) in [6, 6.07) is 0.373. The molecule has 5 heteroatoms. The third-order valence-electron chi connectivity index (χ3n) is 3.13. The number of carbonyl (C=O) groups excluding carboxylic acids is 1. The fourth-order valence-corrected chi connectivity index (χ4v) is 2.03. The first-order chi connectivity index (χ1) is 8.17. The van der Waals surface area contributed by atoms with Crippen molar-refractivity contribution >= 4 is 5.97 Å². The van der Waals surface area contributed by atoms with E-state index in [1.165, 1.54) is 0 Å². The highest BCUT2D eigenvalue weighted by atomic mass is 16.5. The second kappa shape index (κ2) is 7.63. The highest BCUT2D eigenvalue weighted by Gasteiger charge is 2.23. The number of hydrogen-bond acceptors (Lipinski definition) is 5. The summed E-state index contributed by atoms with van der Waals surface area (Å²) in [4.78, 5) is 13.6. The number of nitrogens with two attached hydrogens (primary N) is 1. The summed E-state index contributed by atoms with van der Waals surface area (Å²) in [6.07, 6.45) is 1.45. The van der Waals surface area contributed by atoms with E-state index >= 15 is 0 Å². The Hall–Kier alpha value is -0.650. The number of esters is 1. The zero-order chi connectivity index (χ0) is 12.7. The topological polar surface area (TPSA) is 64.8 Å². The van der Waals surface area contributed by atoms with Crippen LogP contribution in [-0.2, 0) is 14.3 Å². The van der Waals surface area contributed by atoms with Crippen molar-refractivity contribution in [3.63, 3.8) is 0 Å². The summed E-state index contributed by atoms with van der Waals surface area (Å²) >= 11 is 0. The smallest absolute Gasteiger partial charge is 0.305 e. The molecule has 2 N–H and O–H groups in total. The lowest BCUT2D eigenvalue weighted by molar-refractivity contribution is -0.143. The Morgan fingerprint density at radius 2 is 2.41 bits per heavy atom. The lowest BCUT2D eigenvalue weighted by Crippen LogP contribution is -2.49. The van der Waals surface area contributed by atoms with Gasteiger partial charge in [-0.2, -0.15) is 0 Å². The fourth-order valence-electron chi connectivity index (χ4n) is 2.03. The number of carbonyl (C=O) groups is 1. The molecule has 2 atom stereocenters. The van der Waals surface area contributed by atoms with Crippen LogP contribution in [-0.4, -0.2) is 55.9 Å². The van der Waals surface area contributed by atoms with Crippen LogP contribution in [0, 0.1) is 0 Å². The van der Waals surface area contributed by atoms with E-state index in [0.29, 0.717) is 25.6 Å². The summed E-state index contributed by atoms with van der Waals surface area (Å²) in [5.41, 5.74) is 5.60. The van der Waals surface area contributed by atoms with Gasteiger partial charge in [0.05, 0.1) is 19.3 Å². The van der Waals surface area contributed by atoms with Gasteiger partial charge in [-0.25, -0.2) is 0 Å². The first kappa shape index (κ1) is 14.4. The molecular formula is C12H24N2O3. The van der Waals surface area contributed by atoms with Crippen LogP contribution in [0.4, 0.5) is 0 Å². The van der Waals surface area contributed by atoms with Crippen molar-refractivity contribution in [3.8, 4) is 0 Å². The fraction of sp³-hybridized carbons (Fsp3) is 0.917. The Labute approximate surface area is 103 Å². The van der Waals surface area contributed by atoms with Crippen LogP contribution in [0.5, 0.6) is 0 Å². The van der Waals surface area contributed by atoms with Gasteiger partial charge in [0.25, 0.3) is 0 Å². The zero-order valence-electron chi connectivity index (χ0n) is 10.9. The van der Waals surface area contributed by atoms with Crippen molar-refractivity contribution in [2.45, 2.75) is 38.8 Å². The lowest BCUT2D eigenvalue weighted by Gasteiger charge is -2.36. The number of rotatable bonds is 6. The molecule has 5 nitrogen and oxygen atoms in total. The standard InChI is InChI=1S/C12H24N2O3/c1-3-16-12(15)5-4-10(2)14-6-7-17-11(8-13)9-14/h10-11H,3-9,13H2,1-2H3/t10?,11-/m1/s1. The highest BCUT2D eigenvalue weighted by molar-refractivity contribution is 5.69. The molecule has 0 aliphatic carbocycles. The minimum Gasteiger partial charge on any atom is -0.466 e. The summed E-state index contributed by atoms with van der Waals surface area (Å²) in [6.45, 7) is 7.49. The number of morpholine rings is 1. The lowest BCUT2D eigenvalue weighted by atomic mass is 10.1. The van der Waals surface area contributed by atoms with Crippen molar-refractivity contribution in [2.75, 3.05) is 32.8 Å². The predicted molar refractivity (Wildman–Crippen MR) is 65.7 cm³/mol. The third kappa shape index (κ3) is 5.02. The predicted octanol–water partition coefficient (Wildman–Crippen LogP) is 0.378. The van der Waals surface area contributed by atoms with E-state index in [9.17, 15) is 4.79 Å². The van der Waals surface area contributed by atoms with Crippen molar-refractivity contribution in [3.05, 3.63) is 0 Å². The Bertz CT molecular complexity index is 236. The van der Waals surface area contributed by atoms with Crippen LogP contribution in [0.3, 0.4) is 0 Å². The monoisotopic (exact) mass is 244 g/mol. The summed E-state index contributed by atoms with van der Waals surface area (Å²) < 4.78 is 10.4. The van der Waals surface area contributed by atoms with Crippen molar-refractivity contribution in [1.29, 1.82) is 0 Å². The molecule has 0 amide bonds. The van der Waals surface area contributed by atoms with E-state index in [1.54, 1.807) is 0 Å². The van der Waals surface area contributed by atoms with E-state index in [0.717, 1.165) is 26.1 Å². The largest absolute Gasteiger partial charge is 0.466 e. The molecular weight excluding hydrogens is 220 g/mol. The quantitative estimate of drug-likeness (QED) is 0.684. The molecule has 1 aliphatic rings. The molecule has 1 aliphatic heterocycles. The Balaban J connectivity index is 2.26. The van der Waals surface area contributed by atoms with Gasteiger partial charge in [0.2, 0.25) is 0 Å². The molecule has 0 aromatic carbocycles. The average molecular weight is 244 g/mol. The van der Waals surface area contributed by atoms with Crippen LogP contribution in [0.15, 0.2) is 0 Å². The van der Waals surface area contributed by atoms with Gasteiger partial charge >= 0.3 is 5.97 Å². The molecule has 1 saturated heterocycles. The Kier molecular flexibility index (Phi) is 6.47. The minimum atomic E-state index is -0.108. The molecule has 1 unspecified atom stereocenters. The number of nitrogens with zero attached hydrogens (tertiary/aromatic N) is 1. The van der Waals surface area contributed by atoms with Gasteiger partial charge in [-0.1, -0.05) is 0 Å². The van der Waals surface area contributed by atoms with Gasteiger partial charge in [-0.15, -0.1) is 0 Å². The molecule has 100 valence electrons. The zero-order valence-corrected chi connectivity index (χ0v) is 10.9. The molecule has 0 saturated carbocycles. The van der Waals surface area contributed by atoms with Crippen LogP contribution in [0.1, 0.15) is 26.7 Å². The molecule has 0 spiro atoms. The maximum absolute atomic E-state index is 11.3. The van der Waals surface area contributed by atoms with E-state index in [2.05, 4.69) is 11.8 Å². The molecule has 0 radical (unpaired) electrons. The minimum absolute atomic E-state index is 0.108. The Morgan fingerprint density at radius 3 is 3.06 bits per heavy atom. The average Bonchev–Trinajstić information content (AvgIpc) is 2.36. The molecule has 1 fully saturated rings. The van der Waals surface area contributed by atoms with E-state index in [-0.39, 0.29) is 12.1 Å². The normalized spacial score (nSPS) is 23.4. The van der Waals surface area contributed by atoms with Crippen molar-refractivity contribution in [1.82, 2.24) is 4.90 Å². The first-order valence-corrected chi connectivity index (χ1v) is 6.38. The molecule has 0 bridgehead atoms. The SMILES string of the molecule is CCOC(=O)CCC(C)N1CCO[C@H](CN)C1. The Morgan fingerprint density at radius 1 is 1.65 bits per heavy atom. The van der Waals surface area contributed by atoms with Crippen LogP contribution in [0.25, 0.3) is 0 Å². The van der Waals surface area contributed by atoms with E-state index < -0.39 is 0 Å². The van der Waals surface area contributed by atoms with Gasteiger partial charge in [-0.3, -0.25) is 9.69 Å². The molecule has 0 aromatic rings. The number of hydrogen-bond donors (Lipinski definition) is 1. The van der Waals surface area contributed by atoms with Crippen LogP contribution >= 0.6 is 0 Å². The van der Waals surface area contributed by atoms with Crippen LogP contribution in [0.2, 0.25) is 0 Å². The highest BCUT2D eigenvalue weighted by Crippen LogP contribution is 2.12. The summed E-state index contributed by atoms with van der Waals surface area (Å²) in [7, 11) is 0. The van der Waals surface area contributed by atoms with Gasteiger partial charge in [0, 0.05) is 32.1 Å². The molecule has 1 rings (SSSR count). The van der Waals surface area contributed by atoms with Gasteiger partial charge in [0.1, 0.15) is 0 Å². The van der Waals surface area contributed by atoms with Gasteiger partial charge in [0.15, 0.2) is 0 Å². The van der Waals surface area contributed by atoms with Gasteiger partial charge < -0.3 is 15.2 Å². The third-order valence-corrected chi connectivity index (χ3v) is 3.13. The first-order valence-electron chi connectivity index (χ1n) is 6.38. The molecule has 17 heavy (non-hydrogen) atoms. The second-order valence-electron chi connectivity index (χ2n) is 4.42. The summed E-state index contributed by atoms with van der Waals surface area (Å²) in [5, 5.41) is 0. The van der Waals surface area contributed by atoms with Gasteiger partial charge in [-0.05, 0) is 20.3 Å². The van der Waals surface area contributed by atoms with Crippen molar-refractivity contribution in [2.24, 2.45) is 5.73 Å². The number of ether oxygens (including phenoxy) is 2. The second-order valence-corrected chi connectivity index (χ2v) is 4.42. The molecule has 1 heterocycles. The van der Waals surface area contributed by atoms with Crippen molar-refractivity contribution < 1.29 is 14.3 Å². The molecule has 0 aromatic heterocycles.